The van der Waals surface area contributed by atoms with Gasteiger partial charge in [0.05, 0.1) is 0 Å². The normalized spacial score (nSPS) is 20.7. The summed E-state index contributed by atoms with van der Waals surface area (Å²) in [6.07, 6.45) is 9.56. The van der Waals surface area contributed by atoms with Gasteiger partial charge in [-0.25, -0.2) is 9.97 Å². The minimum Gasteiger partial charge on any atom is -0.356 e. The molecule has 0 unspecified atom stereocenters. The van der Waals surface area contributed by atoms with Crippen molar-refractivity contribution in [1.82, 2.24) is 15.3 Å². The first-order valence-corrected chi connectivity index (χ1v) is 9.53. The van der Waals surface area contributed by atoms with Crippen molar-refractivity contribution < 1.29 is 4.79 Å². The Balaban J connectivity index is 1.69. The fraction of sp³-hybridized carbons (Fsp3) is 0.737. The third kappa shape index (κ3) is 4.46. The van der Waals surface area contributed by atoms with Gasteiger partial charge in [0.1, 0.15) is 17.3 Å². The Morgan fingerprint density at radius 2 is 1.75 bits per heavy atom. The molecule has 1 aliphatic heterocycles. The Morgan fingerprint density at radius 3 is 2.42 bits per heavy atom. The van der Waals surface area contributed by atoms with Crippen LogP contribution in [-0.4, -0.2) is 35.0 Å². The molecule has 3 rings (SSSR count). The lowest BCUT2D eigenvalue weighted by molar-refractivity contribution is 0.0928. The summed E-state index contributed by atoms with van der Waals surface area (Å²) in [5, 5.41) is 3.19. The SMILES string of the molecule is Cc1nc(C(=O)NC2CCCCCC2)cc(N2CCC(C)CC2)n1. The summed E-state index contributed by atoms with van der Waals surface area (Å²) < 4.78 is 0. The highest BCUT2D eigenvalue weighted by molar-refractivity contribution is 5.93. The molecule has 2 heterocycles. The maximum absolute atomic E-state index is 12.6. The van der Waals surface area contributed by atoms with Gasteiger partial charge >= 0.3 is 0 Å². The predicted octanol–water partition coefficient (Wildman–Crippen LogP) is 3.47. The molecule has 1 amide bonds. The molecule has 1 N–H and O–H groups in total. The van der Waals surface area contributed by atoms with Crippen LogP contribution in [0.1, 0.15) is 74.6 Å². The van der Waals surface area contributed by atoms with Crippen LogP contribution in [0, 0.1) is 12.8 Å². The summed E-state index contributed by atoms with van der Waals surface area (Å²) in [6, 6.07) is 2.17. The number of carbonyl (C=O) groups excluding carboxylic acids is 1. The molecule has 0 spiro atoms. The van der Waals surface area contributed by atoms with Crippen LogP contribution in [0.5, 0.6) is 0 Å². The first-order chi connectivity index (χ1) is 11.6. The summed E-state index contributed by atoms with van der Waals surface area (Å²) in [7, 11) is 0. The smallest absolute Gasteiger partial charge is 0.270 e. The number of aromatic nitrogens is 2. The van der Waals surface area contributed by atoms with Crippen LogP contribution in [0.4, 0.5) is 5.82 Å². The van der Waals surface area contributed by atoms with E-state index in [1.165, 1.54) is 38.5 Å². The molecular weight excluding hydrogens is 300 g/mol. The molecule has 2 fully saturated rings. The van der Waals surface area contributed by atoms with Gasteiger partial charge in [-0.2, -0.15) is 0 Å². The Morgan fingerprint density at radius 1 is 1.08 bits per heavy atom. The molecule has 1 aromatic rings. The van der Waals surface area contributed by atoms with Crippen molar-refractivity contribution in [3.05, 3.63) is 17.6 Å². The maximum Gasteiger partial charge on any atom is 0.270 e. The second-order valence-corrected chi connectivity index (χ2v) is 7.49. The fourth-order valence-electron chi connectivity index (χ4n) is 3.75. The zero-order valence-corrected chi connectivity index (χ0v) is 15.1. The van der Waals surface area contributed by atoms with E-state index in [9.17, 15) is 4.79 Å². The molecule has 1 saturated heterocycles. The predicted molar refractivity (Wildman–Crippen MR) is 96.3 cm³/mol. The number of carbonyl (C=O) groups is 1. The van der Waals surface area contributed by atoms with Crippen LogP contribution >= 0.6 is 0 Å². The van der Waals surface area contributed by atoms with Gasteiger partial charge < -0.3 is 10.2 Å². The zero-order chi connectivity index (χ0) is 16.9. The van der Waals surface area contributed by atoms with Crippen LogP contribution in [0.25, 0.3) is 0 Å². The van der Waals surface area contributed by atoms with Crippen LogP contribution in [0.15, 0.2) is 6.07 Å². The first kappa shape index (κ1) is 17.2. The number of hydrogen-bond donors (Lipinski definition) is 1. The van der Waals surface area contributed by atoms with E-state index in [1.54, 1.807) is 0 Å². The molecule has 1 aliphatic carbocycles. The minimum absolute atomic E-state index is 0.0426. The van der Waals surface area contributed by atoms with E-state index in [1.807, 2.05) is 13.0 Å². The number of nitrogens with zero attached hydrogens (tertiary/aromatic N) is 3. The van der Waals surface area contributed by atoms with E-state index < -0.39 is 0 Å². The standard InChI is InChI=1S/C19H30N4O/c1-14-9-11-23(12-10-14)18-13-17(20-15(2)21-18)19(24)22-16-7-5-3-4-6-8-16/h13-14,16H,3-12H2,1-2H3,(H,22,24). The lowest BCUT2D eigenvalue weighted by Gasteiger charge is -2.31. The van der Waals surface area contributed by atoms with Crippen LogP contribution in [0.2, 0.25) is 0 Å². The van der Waals surface area contributed by atoms with Crippen molar-refractivity contribution in [1.29, 1.82) is 0 Å². The monoisotopic (exact) mass is 330 g/mol. The Hall–Kier alpha value is -1.65. The van der Waals surface area contributed by atoms with Gasteiger partial charge in [-0.05, 0) is 38.5 Å². The van der Waals surface area contributed by atoms with Gasteiger partial charge in [0.15, 0.2) is 0 Å². The van der Waals surface area contributed by atoms with E-state index in [0.29, 0.717) is 17.6 Å². The highest BCUT2D eigenvalue weighted by Crippen LogP contribution is 2.22. The van der Waals surface area contributed by atoms with Crippen molar-refractivity contribution in [3.63, 3.8) is 0 Å². The molecule has 0 bridgehead atoms. The van der Waals surface area contributed by atoms with Gasteiger partial charge in [0, 0.05) is 25.2 Å². The molecule has 0 atom stereocenters. The van der Waals surface area contributed by atoms with Gasteiger partial charge in [-0.3, -0.25) is 4.79 Å². The minimum atomic E-state index is -0.0426. The summed E-state index contributed by atoms with van der Waals surface area (Å²) in [4.78, 5) is 23.9. The van der Waals surface area contributed by atoms with Gasteiger partial charge in [-0.15, -0.1) is 0 Å². The van der Waals surface area contributed by atoms with Crippen molar-refractivity contribution in [2.45, 2.75) is 71.3 Å². The van der Waals surface area contributed by atoms with Gasteiger partial charge in [-0.1, -0.05) is 32.6 Å². The van der Waals surface area contributed by atoms with Crippen LogP contribution < -0.4 is 10.2 Å². The molecule has 1 aromatic heterocycles. The van der Waals surface area contributed by atoms with E-state index >= 15 is 0 Å². The number of nitrogens with one attached hydrogen (secondary N) is 1. The molecular formula is C19H30N4O. The van der Waals surface area contributed by atoms with Gasteiger partial charge in [0.25, 0.3) is 5.91 Å². The third-order valence-corrected chi connectivity index (χ3v) is 5.36. The van der Waals surface area contributed by atoms with Crippen molar-refractivity contribution >= 4 is 11.7 Å². The number of amides is 1. The quantitative estimate of drug-likeness (QED) is 0.862. The number of piperidine rings is 1. The third-order valence-electron chi connectivity index (χ3n) is 5.36. The topological polar surface area (TPSA) is 58.1 Å². The molecule has 5 heteroatoms. The fourth-order valence-corrected chi connectivity index (χ4v) is 3.75. The number of aryl methyl sites for hydroxylation is 1. The lowest BCUT2D eigenvalue weighted by atomic mass is 9.99. The second kappa shape index (κ2) is 7.95. The summed E-state index contributed by atoms with van der Waals surface area (Å²) in [5.41, 5.74) is 0.514. The van der Waals surface area contributed by atoms with E-state index in [4.69, 9.17) is 0 Å². The average molecular weight is 330 g/mol. The van der Waals surface area contributed by atoms with Crippen LogP contribution in [0.3, 0.4) is 0 Å². The molecule has 24 heavy (non-hydrogen) atoms. The number of hydrogen-bond acceptors (Lipinski definition) is 4. The molecule has 1 saturated carbocycles. The molecule has 0 radical (unpaired) electrons. The summed E-state index contributed by atoms with van der Waals surface area (Å²) in [6.45, 7) is 6.20. The average Bonchev–Trinajstić information content (AvgIpc) is 2.83. The van der Waals surface area contributed by atoms with E-state index in [2.05, 4.69) is 27.1 Å². The largest absolute Gasteiger partial charge is 0.356 e. The Bertz CT molecular complexity index is 558. The zero-order valence-electron chi connectivity index (χ0n) is 15.1. The highest BCUT2D eigenvalue weighted by Gasteiger charge is 2.21. The lowest BCUT2D eigenvalue weighted by Crippen LogP contribution is -2.36. The second-order valence-electron chi connectivity index (χ2n) is 7.49. The molecule has 132 valence electrons. The van der Waals surface area contributed by atoms with Gasteiger partial charge in [0.2, 0.25) is 0 Å². The highest BCUT2D eigenvalue weighted by atomic mass is 16.1. The molecule has 0 aromatic carbocycles. The molecule has 5 nitrogen and oxygen atoms in total. The Labute approximate surface area is 145 Å². The van der Waals surface area contributed by atoms with Crippen molar-refractivity contribution in [2.75, 3.05) is 18.0 Å². The first-order valence-electron chi connectivity index (χ1n) is 9.53. The maximum atomic E-state index is 12.6. The summed E-state index contributed by atoms with van der Waals surface area (Å²) in [5.74, 6) is 2.32. The van der Waals surface area contributed by atoms with E-state index in [0.717, 1.165) is 37.7 Å². The Kier molecular flexibility index (Phi) is 5.69. The van der Waals surface area contributed by atoms with Crippen molar-refractivity contribution in [3.8, 4) is 0 Å². The summed E-state index contributed by atoms with van der Waals surface area (Å²) >= 11 is 0. The van der Waals surface area contributed by atoms with E-state index in [-0.39, 0.29) is 5.91 Å². The van der Waals surface area contributed by atoms with Crippen LogP contribution in [-0.2, 0) is 0 Å². The van der Waals surface area contributed by atoms with Crippen molar-refractivity contribution in [2.24, 2.45) is 5.92 Å². The molecule has 2 aliphatic rings. The number of rotatable bonds is 3. The number of anilines is 1.